The highest BCUT2D eigenvalue weighted by molar-refractivity contribution is 7.13. The fourth-order valence-electron chi connectivity index (χ4n) is 2.00. The van der Waals surface area contributed by atoms with E-state index < -0.39 is 0 Å². The van der Waals surface area contributed by atoms with Crippen LogP contribution in [0.2, 0.25) is 0 Å². The summed E-state index contributed by atoms with van der Waals surface area (Å²) >= 11 is 2.65. The van der Waals surface area contributed by atoms with Crippen LogP contribution in [0.4, 0.5) is 39.1 Å². The van der Waals surface area contributed by atoms with Gasteiger partial charge < -0.3 is 17.2 Å². The third-order valence-electron chi connectivity index (χ3n) is 3.11. The summed E-state index contributed by atoms with van der Waals surface area (Å²) in [5.74, 6) is 0.272. The number of hydrogen-bond donors (Lipinski definition) is 3. The number of rotatable bonds is 4. The number of anilines is 3. The predicted octanol–water partition coefficient (Wildman–Crippen LogP) is 3.22. The number of nitrogens with zero attached hydrogens (tertiary/aromatic N) is 9. The third-order valence-corrected chi connectivity index (χ3v) is 4.42. The molecule has 12 nitrogen and oxygen atoms in total. The molecule has 6 N–H and O–H groups in total. The summed E-state index contributed by atoms with van der Waals surface area (Å²) in [5, 5.41) is 24.7. The molecule has 4 aromatic heterocycles. The van der Waals surface area contributed by atoms with E-state index in [-0.39, 0.29) is 34.5 Å². The van der Waals surface area contributed by atoms with Gasteiger partial charge in [-0.15, -0.1) is 48.2 Å². The van der Waals surface area contributed by atoms with Crippen LogP contribution in [0.25, 0.3) is 5.65 Å². The lowest BCUT2D eigenvalue weighted by atomic mass is 10.4. The highest BCUT2D eigenvalue weighted by Crippen LogP contribution is 2.36. The molecule has 0 aliphatic carbocycles. The fourth-order valence-corrected chi connectivity index (χ4v) is 2.90. The number of thiazole rings is 2. The number of aromatic nitrogens is 5. The lowest BCUT2D eigenvalue weighted by Crippen LogP contribution is -2.04. The quantitative estimate of drug-likeness (QED) is 0.449. The van der Waals surface area contributed by atoms with Gasteiger partial charge in [0, 0.05) is 23.2 Å². The van der Waals surface area contributed by atoms with Crippen LogP contribution in [0.5, 0.6) is 0 Å². The van der Waals surface area contributed by atoms with Gasteiger partial charge in [0.25, 0.3) is 0 Å². The smallest absolute Gasteiger partial charge is 0.229 e. The molecule has 0 saturated heterocycles. The standard InChI is InChI=1S/C12H10N12S2/c13-7-5(19-21-11-16-1-3-25-11)9(15)24-10(18-7)6(8(14)23-24)20-22-12-17-2-4-26-12/h1-4H,15H2,(H2,13,18)(H2,14,23). The van der Waals surface area contributed by atoms with Crippen LogP contribution < -0.4 is 17.2 Å². The molecule has 4 rings (SSSR count). The van der Waals surface area contributed by atoms with Crippen LogP contribution in [0, 0.1) is 0 Å². The molecule has 0 unspecified atom stereocenters. The van der Waals surface area contributed by atoms with Gasteiger partial charge in [-0.05, 0) is 0 Å². The van der Waals surface area contributed by atoms with E-state index in [2.05, 4.69) is 40.5 Å². The maximum Gasteiger partial charge on any atom is 0.229 e. The van der Waals surface area contributed by atoms with E-state index in [1.54, 1.807) is 23.2 Å². The maximum absolute atomic E-state index is 6.10. The van der Waals surface area contributed by atoms with Gasteiger partial charge in [-0.3, -0.25) is 0 Å². The van der Waals surface area contributed by atoms with Gasteiger partial charge in [-0.2, -0.15) is 4.52 Å². The van der Waals surface area contributed by atoms with Gasteiger partial charge in [0.05, 0.1) is 0 Å². The van der Waals surface area contributed by atoms with Crippen LogP contribution in [0.3, 0.4) is 0 Å². The highest BCUT2D eigenvalue weighted by Gasteiger charge is 2.18. The average Bonchev–Trinajstić information content (AvgIpc) is 3.35. The van der Waals surface area contributed by atoms with E-state index in [1.165, 1.54) is 27.2 Å². The molecule has 0 saturated carbocycles. The highest BCUT2D eigenvalue weighted by atomic mass is 32.1. The number of azo groups is 2. The molecule has 0 amide bonds. The van der Waals surface area contributed by atoms with Gasteiger partial charge in [0.1, 0.15) is 0 Å². The van der Waals surface area contributed by atoms with Gasteiger partial charge in [-0.25, -0.2) is 15.0 Å². The van der Waals surface area contributed by atoms with Crippen LogP contribution in [0.15, 0.2) is 43.6 Å². The van der Waals surface area contributed by atoms with Crippen LogP contribution in [-0.4, -0.2) is 24.6 Å². The van der Waals surface area contributed by atoms with Crippen molar-refractivity contribution in [2.75, 3.05) is 17.2 Å². The van der Waals surface area contributed by atoms with Crippen molar-refractivity contribution < 1.29 is 0 Å². The minimum atomic E-state index is 0.0564. The minimum Gasteiger partial charge on any atom is -0.382 e. The Balaban J connectivity index is 1.79. The summed E-state index contributed by atoms with van der Waals surface area (Å²) in [7, 11) is 0. The Hall–Kier alpha value is -3.52. The molecule has 0 atom stereocenters. The van der Waals surface area contributed by atoms with Crippen molar-refractivity contribution in [2.24, 2.45) is 20.5 Å². The molecular formula is C12H10N12S2. The fraction of sp³-hybridized carbons (Fsp3) is 0. The first-order valence-electron chi connectivity index (χ1n) is 6.99. The molecule has 0 radical (unpaired) electrons. The molecule has 0 fully saturated rings. The van der Waals surface area contributed by atoms with Gasteiger partial charge in [-0.1, -0.05) is 0 Å². The zero-order valence-electron chi connectivity index (χ0n) is 12.9. The molecule has 14 heteroatoms. The Morgan fingerprint density at radius 3 is 2.00 bits per heavy atom. The Morgan fingerprint density at radius 1 is 0.808 bits per heavy atom. The molecular weight excluding hydrogens is 376 g/mol. The first-order valence-corrected chi connectivity index (χ1v) is 8.75. The first kappa shape index (κ1) is 16.0. The van der Waals surface area contributed by atoms with Gasteiger partial charge in [0.2, 0.25) is 10.3 Å². The zero-order chi connectivity index (χ0) is 18.1. The number of nitrogens with two attached hydrogens (primary N) is 3. The Kier molecular flexibility index (Phi) is 3.94. The van der Waals surface area contributed by atoms with Crippen LogP contribution >= 0.6 is 22.7 Å². The Morgan fingerprint density at radius 2 is 1.42 bits per heavy atom. The summed E-state index contributed by atoms with van der Waals surface area (Å²) in [6.07, 6.45) is 3.23. The number of hydrogen-bond acceptors (Lipinski definition) is 13. The molecule has 4 aromatic rings. The second-order valence-corrected chi connectivity index (χ2v) is 6.48. The van der Waals surface area contributed by atoms with E-state index in [4.69, 9.17) is 17.2 Å². The van der Waals surface area contributed by atoms with Crippen molar-refractivity contribution in [3.05, 3.63) is 23.2 Å². The van der Waals surface area contributed by atoms with Crippen molar-refractivity contribution in [1.82, 2.24) is 24.6 Å². The van der Waals surface area contributed by atoms with Crippen molar-refractivity contribution in [3.8, 4) is 0 Å². The molecule has 4 heterocycles. The summed E-state index contributed by atoms with van der Waals surface area (Å²) in [4.78, 5) is 12.2. The molecule has 0 spiro atoms. The van der Waals surface area contributed by atoms with E-state index in [0.29, 0.717) is 10.3 Å². The Bertz CT molecular complexity index is 1110. The van der Waals surface area contributed by atoms with E-state index in [0.717, 1.165) is 0 Å². The topological polar surface area (TPSA) is 183 Å². The van der Waals surface area contributed by atoms with Crippen LogP contribution in [-0.2, 0) is 0 Å². The van der Waals surface area contributed by atoms with E-state index >= 15 is 0 Å². The minimum absolute atomic E-state index is 0.0564. The largest absolute Gasteiger partial charge is 0.382 e. The average molecular weight is 386 g/mol. The van der Waals surface area contributed by atoms with Gasteiger partial charge in [0.15, 0.2) is 34.5 Å². The normalized spacial score (nSPS) is 12.0. The van der Waals surface area contributed by atoms with Crippen LogP contribution in [0.1, 0.15) is 0 Å². The van der Waals surface area contributed by atoms with Crippen molar-refractivity contribution in [3.63, 3.8) is 0 Å². The summed E-state index contributed by atoms with van der Waals surface area (Å²) in [6.45, 7) is 0. The molecule has 26 heavy (non-hydrogen) atoms. The second-order valence-electron chi connectivity index (χ2n) is 4.73. The monoisotopic (exact) mass is 386 g/mol. The first-order chi connectivity index (χ1) is 12.6. The molecule has 130 valence electrons. The maximum atomic E-state index is 6.10. The van der Waals surface area contributed by atoms with E-state index in [9.17, 15) is 0 Å². The molecule has 0 aliphatic heterocycles. The number of nitrogen functional groups attached to an aromatic ring is 3. The van der Waals surface area contributed by atoms with Crippen molar-refractivity contribution in [2.45, 2.75) is 0 Å². The summed E-state index contributed by atoms with van der Waals surface area (Å²) < 4.78 is 1.29. The molecule has 0 bridgehead atoms. The lowest BCUT2D eigenvalue weighted by Gasteiger charge is -2.04. The van der Waals surface area contributed by atoms with Gasteiger partial charge >= 0.3 is 0 Å². The van der Waals surface area contributed by atoms with Crippen molar-refractivity contribution in [1.29, 1.82) is 0 Å². The summed E-state index contributed by atoms with van der Waals surface area (Å²) in [5.41, 5.74) is 18.6. The lowest BCUT2D eigenvalue weighted by molar-refractivity contribution is 0.955. The molecule has 0 aromatic carbocycles. The zero-order valence-corrected chi connectivity index (χ0v) is 14.5. The SMILES string of the molecule is Nc1nc2c(N=Nc3nccs3)c(N)nn2c(N)c1N=Nc1nccs1. The summed E-state index contributed by atoms with van der Waals surface area (Å²) in [6, 6.07) is 0. The van der Waals surface area contributed by atoms with Crippen molar-refractivity contribution >= 4 is 67.4 Å². The third kappa shape index (κ3) is 2.82. The van der Waals surface area contributed by atoms with E-state index in [1.807, 2.05) is 0 Å². The molecule has 0 aliphatic rings. The number of fused-ring (bicyclic) bond motifs is 1. The Labute approximate surface area is 153 Å². The second kappa shape index (κ2) is 6.41. The predicted molar refractivity (Wildman–Crippen MR) is 98.8 cm³/mol.